The van der Waals surface area contributed by atoms with Crippen molar-refractivity contribution in [2.24, 2.45) is 0 Å². The maximum atomic E-state index is 14.9. The number of nitrogens with zero attached hydrogens (tertiary/aromatic N) is 1. The van der Waals surface area contributed by atoms with E-state index in [-0.39, 0.29) is 22.9 Å². The Hall–Kier alpha value is -3.12. The Labute approximate surface area is 189 Å². The van der Waals surface area contributed by atoms with Crippen molar-refractivity contribution in [3.8, 4) is 0 Å². The Kier molecular flexibility index (Phi) is 5.25. The fourth-order valence-electron chi connectivity index (χ4n) is 4.85. The van der Waals surface area contributed by atoms with E-state index in [0.29, 0.717) is 16.0 Å². The molecule has 32 heavy (non-hydrogen) atoms. The first-order chi connectivity index (χ1) is 15.5. The Balaban J connectivity index is 1.62. The van der Waals surface area contributed by atoms with E-state index in [1.807, 2.05) is 0 Å². The van der Waals surface area contributed by atoms with Gasteiger partial charge in [0.25, 0.3) is 5.91 Å². The molecular formula is C25H21ClFNO4. The average molecular weight is 454 g/mol. The normalized spacial score (nSPS) is 19.9. The summed E-state index contributed by atoms with van der Waals surface area (Å²) in [6.07, 6.45) is 4.43. The molecule has 1 saturated carbocycles. The molecular weight excluding hydrogens is 433 g/mol. The smallest absolute Gasteiger partial charge is 0.290 e. The van der Waals surface area contributed by atoms with Crippen LogP contribution in [-0.4, -0.2) is 27.7 Å². The second-order valence-electron chi connectivity index (χ2n) is 8.31. The third kappa shape index (κ3) is 3.39. The average Bonchev–Trinajstić information content (AvgIpc) is 3.33. The molecule has 2 heterocycles. The summed E-state index contributed by atoms with van der Waals surface area (Å²) in [5.41, 5.74) is 0.475. The molecule has 1 aromatic heterocycles. The number of benzene rings is 2. The van der Waals surface area contributed by atoms with Gasteiger partial charge in [-0.3, -0.25) is 9.59 Å². The zero-order valence-electron chi connectivity index (χ0n) is 17.2. The Bertz CT molecular complexity index is 1260. The van der Waals surface area contributed by atoms with Crippen LogP contribution in [0.4, 0.5) is 4.39 Å². The zero-order chi connectivity index (χ0) is 22.4. The fraction of sp³-hybridized carbons (Fsp3) is 0.280. The number of halogens is 2. The molecule has 0 bridgehead atoms. The molecule has 0 spiro atoms. The van der Waals surface area contributed by atoms with E-state index in [1.54, 1.807) is 36.4 Å². The van der Waals surface area contributed by atoms with Crippen molar-refractivity contribution in [1.29, 1.82) is 0 Å². The predicted octanol–water partition coefficient (Wildman–Crippen LogP) is 6.14. The molecule has 5 nitrogen and oxygen atoms in total. The molecule has 1 atom stereocenters. The van der Waals surface area contributed by atoms with Crippen LogP contribution >= 0.6 is 11.6 Å². The van der Waals surface area contributed by atoms with Gasteiger partial charge in [0, 0.05) is 22.0 Å². The Morgan fingerprint density at radius 1 is 1.09 bits per heavy atom. The molecule has 0 saturated heterocycles. The number of aliphatic hydroxyl groups is 1. The summed E-state index contributed by atoms with van der Waals surface area (Å²) in [5, 5.41) is 11.9. The summed E-state index contributed by atoms with van der Waals surface area (Å²) in [6, 6.07) is 11.3. The molecule has 1 unspecified atom stereocenters. The number of furan rings is 1. The Morgan fingerprint density at radius 2 is 1.84 bits per heavy atom. The van der Waals surface area contributed by atoms with Gasteiger partial charge < -0.3 is 14.4 Å². The van der Waals surface area contributed by atoms with Crippen LogP contribution in [0.1, 0.15) is 54.3 Å². The summed E-state index contributed by atoms with van der Waals surface area (Å²) in [5.74, 6) is -2.51. The lowest BCUT2D eigenvalue weighted by Gasteiger charge is -2.36. The molecule has 164 valence electrons. The maximum absolute atomic E-state index is 14.9. The molecule has 0 radical (unpaired) electrons. The minimum Gasteiger partial charge on any atom is -0.503 e. The van der Waals surface area contributed by atoms with Gasteiger partial charge >= 0.3 is 0 Å². The van der Waals surface area contributed by atoms with Crippen LogP contribution in [0.2, 0.25) is 5.02 Å². The number of Topliss-reactive ketones (excluding diaryl/α,β-unsaturated/α-hetero) is 1. The van der Waals surface area contributed by atoms with Gasteiger partial charge in [-0.15, -0.1) is 0 Å². The van der Waals surface area contributed by atoms with E-state index < -0.39 is 29.3 Å². The van der Waals surface area contributed by atoms with Crippen molar-refractivity contribution in [3.63, 3.8) is 0 Å². The number of carbonyl (C=O) groups is 2. The first kappa shape index (κ1) is 20.8. The highest BCUT2D eigenvalue weighted by Crippen LogP contribution is 2.44. The van der Waals surface area contributed by atoms with Gasteiger partial charge in [-0.1, -0.05) is 49.1 Å². The zero-order valence-corrected chi connectivity index (χ0v) is 17.9. The van der Waals surface area contributed by atoms with Crippen LogP contribution in [0, 0.1) is 5.82 Å². The van der Waals surface area contributed by atoms with E-state index >= 15 is 0 Å². The second-order valence-corrected chi connectivity index (χ2v) is 8.75. The summed E-state index contributed by atoms with van der Waals surface area (Å²) >= 11 is 6.03. The minimum atomic E-state index is -1.02. The van der Waals surface area contributed by atoms with Crippen molar-refractivity contribution in [3.05, 3.63) is 82.0 Å². The second kappa shape index (κ2) is 8.10. The lowest BCUT2D eigenvalue weighted by atomic mass is 9.90. The maximum Gasteiger partial charge on any atom is 0.290 e. The molecule has 1 aliphatic heterocycles. The van der Waals surface area contributed by atoms with Crippen molar-refractivity contribution >= 4 is 34.3 Å². The first-order valence-corrected chi connectivity index (χ1v) is 11.1. The number of aliphatic hydroxyl groups excluding tert-OH is 1. The fourth-order valence-corrected chi connectivity index (χ4v) is 5.03. The van der Waals surface area contributed by atoms with Crippen LogP contribution in [0.5, 0.6) is 0 Å². The van der Waals surface area contributed by atoms with Crippen molar-refractivity contribution < 1.29 is 23.5 Å². The van der Waals surface area contributed by atoms with Gasteiger partial charge in [-0.05, 0) is 43.2 Å². The van der Waals surface area contributed by atoms with Crippen molar-refractivity contribution in [2.75, 3.05) is 0 Å². The molecule has 7 heteroatoms. The predicted molar refractivity (Wildman–Crippen MR) is 118 cm³/mol. The third-order valence-corrected chi connectivity index (χ3v) is 6.59. The summed E-state index contributed by atoms with van der Waals surface area (Å²) < 4.78 is 20.6. The molecule has 2 aromatic carbocycles. The third-order valence-electron chi connectivity index (χ3n) is 6.36. The number of rotatable bonds is 4. The van der Waals surface area contributed by atoms with E-state index in [4.69, 9.17) is 16.0 Å². The molecule has 1 fully saturated rings. The number of carbonyl (C=O) groups excluding carboxylic acids is 2. The van der Waals surface area contributed by atoms with E-state index in [0.717, 1.165) is 32.1 Å². The molecule has 1 N–H and O–H groups in total. The number of ketones is 1. The summed E-state index contributed by atoms with van der Waals surface area (Å²) in [7, 11) is 0. The minimum absolute atomic E-state index is 0.0385. The summed E-state index contributed by atoms with van der Waals surface area (Å²) in [6.45, 7) is 0. The molecule has 2 aliphatic rings. The highest BCUT2D eigenvalue weighted by atomic mass is 35.5. The monoisotopic (exact) mass is 453 g/mol. The van der Waals surface area contributed by atoms with Crippen LogP contribution < -0.4 is 0 Å². The number of hydrogen-bond acceptors (Lipinski definition) is 4. The van der Waals surface area contributed by atoms with Crippen molar-refractivity contribution in [2.45, 2.75) is 44.2 Å². The van der Waals surface area contributed by atoms with Gasteiger partial charge in [0.1, 0.15) is 11.4 Å². The largest absolute Gasteiger partial charge is 0.503 e. The SMILES string of the molecule is O=C(C1=C(O)C(=O)N(C2CCCCC2)C1c1ccccc1F)c1cc2cc(Cl)ccc2o1. The van der Waals surface area contributed by atoms with Crippen LogP contribution in [0.3, 0.4) is 0 Å². The molecule has 3 aromatic rings. The van der Waals surface area contributed by atoms with Gasteiger partial charge in [0.2, 0.25) is 5.78 Å². The van der Waals surface area contributed by atoms with Gasteiger partial charge in [-0.25, -0.2) is 4.39 Å². The van der Waals surface area contributed by atoms with Crippen LogP contribution in [-0.2, 0) is 4.79 Å². The number of fused-ring (bicyclic) bond motifs is 1. The van der Waals surface area contributed by atoms with Crippen molar-refractivity contribution in [1.82, 2.24) is 4.90 Å². The van der Waals surface area contributed by atoms with Gasteiger partial charge in [0.15, 0.2) is 11.5 Å². The van der Waals surface area contributed by atoms with E-state index in [1.165, 1.54) is 17.0 Å². The van der Waals surface area contributed by atoms with Crippen LogP contribution in [0.15, 0.2) is 64.3 Å². The lowest BCUT2D eigenvalue weighted by Crippen LogP contribution is -2.41. The highest BCUT2D eigenvalue weighted by molar-refractivity contribution is 6.31. The van der Waals surface area contributed by atoms with E-state index in [2.05, 4.69) is 0 Å². The van der Waals surface area contributed by atoms with E-state index in [9.17, 15) is 19.1 Å². The topological polar surface area (TPSA) is 70.8 Å². The lowest BCUT2D eigenvalue weighted by molar-refractivity contribution is -0.132. The molecule has 1 aliphatic carbocycles. The summed E-state index contributed by atoms with van der Waals surface area (Å²) in [4.78, 5) is 28.2. The first-order valence-electron chi connectivity index (χ1n) is 10.7. The van der Waals surface area contributed by atoms with Gasteiger partial charge in [0.05, 0.1) is 11.6 Å². The molecule has 5 rings (SSSR count). The number of hydrogen-bond donors (Lipinski definition) is 1. The number of amides is 1. The molecule has 1 amide bonds. The van der Waals surface area contributed by atoms with Gasteiger partial charge in [-0.2, -0.15) is 0 Å². The Morgan fingerprint density at radius 3 is 2.59 bits per heavy atom. The van der Waals surface area contributed by atoms with Crippen LogP contribution in [0.25, 0.3) is 11.0 Å². The highest BCUT2D eigenvalue weighted by Gasteiger charge is 2.48. The quantitative estimate of drug-likeness (QED) is 0.482. The standard InChI is InChI=1S/C25H21ClFNO4/c26-15-10-11-19-14(12-15)13-20(32-19)23(29)21-22(17-8-4-5-9-18(17)27)28(25(31)24(21)30)16-6-2-1-3-7-16/h4-5,8-13,16,22,30H,1-3,6-7H2.